The highest BCUT2D eigenvalue weighted by atomic mass is 16.5. The molecule has 0 aromatic heterocycles. The highest BCUT2D eigenvalue weighted by Gasteiger charge is 2.27. The van der Waals surface area contributed by atoms with Gasteiger partial charge in [0.25, 0.3) is 5.91 Å². The molecule has 0 aliphatic carbocycles. The predicted molar refractivity (Wildman–Crippen MR) is 87.6 cm³/mol. The predicted octanol–water partition coefficient (Wildman–Crippen LogP) is 2.57. The van der Waals surface area contributed by atoms with Crippen LogP contribution >= 0.6 is 0 Å². The smallest absolute Gasteiger partial charge is 0.351 e. The number of nitriles is 1. The monoisotopic (exact) mass is 319 g/mol. The van der Waals surface area contributed by atoms with Crippen LogP contribution < -0.4 is 10.6 Å². The van der Waals surface area contributed by atoms with Crippen molar-refractivity contribution in [3.63, 3.8) is 0 Å². The first-order chi connectivity index (χ1) is 11.7. The number of nitrogens with zero attached hydrogens (tertiary/aromatic N) is 1. The zero-order valence-corrected chi connectivity index (χ0v) is 12.6. The second-order valence-electron chi connectivity index (χ2n) is 5.05. The first kappa shape index (κ1) is 15.3. The molecule has 0 bridgehead atoms. The highest BCUT2D eigenvalue weighted by Crippen LogP contribution is 2.28. The molecule has 2 aromatic carbocycles. The molecule has 6 heteroatoms. The summed E-state index contributed by atoms with van der Waals surface area (Å²) in [6, 6.07) is 17.8. The molecule has 1 aliphatic heterocycles. The minimum atomic E-state index is -0.849. The first-order valence-corrected chi connectivity index (χ1v) is 7.22. The molecule has 0 atom stereocenters. The molecule has 1 aliphatic rings. The lowest BCUT2D eigenvalue weighted by Gasteiger charge is -2.21. The fraction of sp³-hybridized carbons (Fsp3) is 0.0556. The normalized spacial score (nSPS) is 14.5. The van der Waals surface area contributed by atoms with E-state index in [9.17, 15) is 14.9 Å². The number of ether oxygens (including phenoxy) is 1. The number of rotatable bonds is 3. The van der Waals surface area contributed by atoms with E-state index in [2.05, 4.69) is 10.6 Å². The summed E-state index contributed by atoms with van der Waals surface area (Å²) in [5.74, 6) is -1.40. The van der Waals surface area contributed by atoms with E-state index in [0.29, 0.717) is 11.4 Å². The summed E-state index contributed by atoms with van der Waals surface area (Å²) in [5.41, 5.74) is 1.50. The van der Waals surface area contributed by atoms with Gasteiger partial charge in [-0.2, -0.15) is 5.26 Å². The van der Waals surface area contributed by atoms with Crippen molar-refractivity contribution in [2.45, 2.75) is 6.61 Å². The van der Waals surface area contributed by atoms with Gasteiger partial charge in [-0.3, -0.25) is 4.79 Å². The van der Waals surface area contributed by atoms with Crippen LogP contribution in [0.2, 0.25) is 0 Å². The number of para-hydroxylation sites is 2. The van der Waals surface area contributed by atoms with E-state index in [-0.39, 0.29) is 17.9 Å². The fourth-order valence-corrected chi connectivity index (χ4v) is 2.25. The van der Waals surface area contributed by atoms with E-state index in [0.717, 1.165) is 5.56 Å². The van der Waals surface area contributed by atoms with Crippen molar-refractivity contribution in [3.05, 3.63) is 71.4 Å². The molecule has 2 N–H and O–H groups in total. The van der Waals surface area contributed by atoms with Crippen LogP contribution in [0, 0.1) is 11.3 Å². The molecule has 0 spiro atoms. The molecule has 24 heavy (non-hydrogen) atoms. The standard InChI is InChI=1S/C18H13N3O3/c19-10-13(18(23)24-11-12-6-2-1-3-7-12)16-17(22)21-15-9-5-4-8-14(15)20-16/h1-9,20H,11H2,(H,21,22)/b16-13+. The molecule has 2 aromatic rings. The third kappa shape index (κ3) is 3.10. The Labute approximate surface area is 138 Å². The third-order valence-corrected chi connectivity index (χ3v) is 3.44. The molecule has 0 radical (unpaired) electrons. The topological polar surface area (TPSA) is 91.2 Å². The lowest BCUT2D eigenvalue weighted by molar-refractivity contribution is -0.140. The Bertz CT molecular complexity index is 867. The van der Waals surface area contributed by atoms with Gasteiger partial charge in [0.15, 0.2) is 5.57 Å². The highest BCUT2D eigenvalue weighted by molar-refractivity contribution is 6.15. The van der Waals surface area contributed by atoms with Crippen LogP contribution in [0.1, 0.15) is 5.56 Å². The van der Waals surface area contributed by atoms with E-state index in [1.807, 2.05) is 18.2 Å². The van der Waals surface area contributed by atoms with E-state index in [4.69, 9.17) is 4.74 Å². The average molecular weight is 319 g/mol. The Morgan fingerprint density at radius 1 is 1.00 bits per heavy atom. The Morgan fingerprint density at radius 2 is 1.62 bits per heavy atom. The molecular formula is C18H13N3O3. The van der Waals surface area contributed by atoms with Gasteiger partial charge in [0, 0.05) is 0 Å². The number of anilines is 2. The zero-order chi connectivity index (χ0) is 16.9. The van der Waals surface area contributed by atoms with Crippen molar-refractivity contribution in [3.8, 4) is 6.07 Å². The molecule has 1 heterocycles. The van der Waals surface area contributed by atoms with Crippen molar-refractivity contribution >= 4 is 23.3 Å². The van der Waals surface area contributed by atoms with Gasteiger partial charge < -0.3 is 15.4 Å². The van der Waals surface area contributed by atoms with Gasteiger partial charge in [0.05, 0.1) is 11.4 Å². The van der Waals surface area contributed by atoms with E-state index >= 15 is 0 Å². The summed E-state index contributed by atoms with van der Waals surface area (Å²) in [6.45, 7) is 0.0241. The van der Waals surface area contributed by atoms with Crippen LogP contribution in [-0.4, -0.2) is 11.9 Å². The van der Waals surface area contributed by atoms with Gasteiger partial charge in [-0.15, -0.1) is 0 Å². The summed E-state index contributed by atoms with van der Waals surface area (Å²) >= 11 is 0. The molecule has 0 saturated heterocycles. The van der Waals surface area contributed by atoms with Crippen LogP contribution in [-0.2, 0) is 20.9 Å². The fourth-order valence-electron chi connectivity index (χ4n) is 2.25. The SMILES string of the molecule is N#C/C(C(=O)OCc1ccccc1)=C1\Nc2ccccc2NC1=O. The molecule has 0 saturated carbocycles. The molecule has 6 nitrogen and oxygen atoms in total. The van der Waals surface area contributed by atoms with Crippen molar-refractivity contribution in [1.82, 2.24) is 0 Å². The molecular weight excluding hydrogens is 306 g/mol. The molecule has 0 fully saturated rings. The summed E-state index contributed by atoms with van der Waals surface area (Å²) in [6.07, 6.45) is 0. The molecule has 1 amide bonds. The minimum Gasteiger partial charge on any atom is -0.457 e. The number of carbonyl (C=O) groups is 2. The van der Waals surface area contributed by atoms with Crippen LogP contribution in [0.3, 0.4) is 0 Å². The van der Waals surface area contributed by atoms with E-state index in [1.165, 1.54) is 0 Å². The van der Waals surface area contributed by atoms with Crippen molar-refractivity contribution in [1.29, 1.82) is 5.26 Å². The van der Waals surface area contributed by atoms with Crippen LogP contribution in [0.15, 0.2) is 65.9 Å². The van der Waals surface area contributed by atoms with Gasteiger partial charge in [-0.1, -0.05) is 42.5 Å². The maximum absolute atomic E-state index is 12.2. The Kier molecular flexibility index (Phi) is 4.25. The zero-order valence-electron chi connectivity index (χ0n) is 12.6. The number of hydrogen-bond donors (Lipinski definition) is 2. The van der Waals surface area contributed by atoms with Crippen LogP contribution in [0.25, 0.3) is 0 Å². The summed E-state index contributed by atoms with van der Waals surface area (Å²) in [4.78, 5) is 24.3. The Balaban J connectivity index is 1.82. The maximum Gasteiger partial charge on any atom is 0.351 e. The van der Waals surface area contributed by atoms with Gasteiger partial charge in [-0.25, -0.2) is 4.79 Å². The lowest BCUT2D eigenvalue weighted by atomic mass is 10.1. The van der Waals surface area contributed by atoms with Crippen molar-refractivity contribution in [2.75, 3.05) is 10.6 Å². The minimum absolute atomic E-state index is 0.0241. The molecule has 3 rings (SSSR count). The summed E-state index contributed by atoms with van der Waals surface area (Å²) in [7, 11) is 0. The average Bonchev–Trinajstić information content (AvgIpc) is 2.62. The number of hydrogen-bond acceptors (Lipinski definition) is 5. The second kappa shape index (κ2) is 6.67. The number of benzene rings is 2. The Hall–Kier alpha value is -3.59. The maximum atomic E-state index is 12.2. The van der Waals surface area contributed by atoms with E-state index < -0.39 is 11.9 Å². The first-order valence-electron chi connectivity index (χ1n) is 7.22. The number of fused-ring (bicyclic) bond motifs is 1. The van der Waals surface area contributed by atoms with Crippen LogP contribution in [0.4, 0.5) is 11.4 Å². The van der Waals surface area contributed by atoms with Gasteiger partial charge in [-0.05, 0) is 17.7 Å². The van der Waals surface area contributed by atoms with Crippen molar-refractivity contribution in [2.24, 2.45) is 0 Å². The van der Waals surface area contributed by atoms with Crippen molar-refractivity contribution < 1.29 is 14.3 Å². The number of nitrogens with one attached hydrogen (secondary N) is 2. The lowest BCUT2D eigenvalue weighted by Crippen LogP contribution is -2.28. The number of carbonyl (C=O) groups excluding carboxylic acids is 2. The quantitative estimate of drug-likeness (QED) is 0.515. The van der Waals surface area contributed by atoms with Gasteiger partial charge >= 0.3 is 5.97 Å². The number of esters is 1. The second-order valence-corrected chi connectivity index (χ2v) is 5.05. The molecule has 118 valence electrons. The van der Waals surface area contributed by atoms with Gasteiger partial charge in [0.1, 0.15) is 18.4 Å². The Morgan fingerprint density at radius 3 is 2.29 bits per heavy atom. The van der Waals surface area contributed by atoms with Crippen LogP contribution in [0.5, 0.6) is 0 Å². The third-order valence-electron chi connectivity index (χ3n) is 3.44. The summed E-state index contributed by atoms with van der Waals surface area (Å²) in [5, 5.41) is 14.7. The number of amides is 1. The summed E-state index contributed by atoms with van der Waals surface area (Å²) < 4.78 is 5.13. The molecule has 0 unspecified atom stereocenters. The largest absolute Gasteiger partial charge is 0.457 e. The van der Waals surface area contributed by atoms with E-state index in [1.54, 1.807) is 42.5 Å². The van der Waals surface area contributed by atoms with Gasteiger partial charge in [0.2, 0.25) is 0 Å².